The summed E-state index contributed by atoms with van der Waals surface area (Å²) >= 11 is 0. The lowest BCUT2D eigenvalue weighted by Gasteiger charge is -2.31. The van der Waals surface area contributed by atoms with Crippen molar-refractivity contribution < 1.29 is 76.0 Å². The van der Waals surface area contributed by atoms with Gasteiger partial charge < -0.3 is 27.0 Å². The average molecular weight is 933 g/mol. The second-order valence-electron chi connectivity index (χ2n) is 14.0. The van der Waals surface area contributed by atoms with Gasteiger partial charge in [-0.2, -0.15) is 52.7 Å². The van der Waals surface area contributed by atoms with Crippen LogP contribution in [0.4, 0.5) is 95.6 Å². The molecule has 0 saturated heterocycles. The van der Waals surface area contributed by atoms with Gasteiger partial charge in [-0.15, -0.1) is 0 Å². The lowest BCUT2D eigenvalue weighted by molar-refractivity contribution is -0.384. The smallest absolute Gasteiger partial charge is 0.399 e. The minimum Gasteiger partial charge on any atom is -0.399 e. The van der Waals surface area contributed by atoms with Gasteiger partial charge in [0, 0.05) is 64.8 Å². The monoisotopic (exact) mass is 932 g/mol. The van der Waals surface area contributed by atoms with E-state index >= 15 is 0 Å². The zero-order chi connectivity index (χ0) is 49.1. The Bertz CT molecular complexity index is 2320. The van der Waals surface area contributed by atoms with Crippen LogP contribution in [0, 0.1) is 37.8 Å². The van der Waals surface area contributed by atoms with Gasteiger partial charge in [0.1, 0.15) is 0 Å². The lowest BCUT2D eigenvalue weighted by Crippen LogP contribution is -2.50. The zero-order valence-electron chi connectivity index (χ0n) is 34.1. The number of halogens is 14. The number of anilines is 5. The highest BCUT2D eigenvalue weighted by Gasteiger charge is 2.74. The molecule has 0 aliphatic carbocycles. The number of nitrogens with zero attached hydrogens (tertiary/aromatic N) is 1. The third-order valence-electron chi connectivity index (χ3n) is 9.38. The summed E-state index contributed by atoms with van der Waals surface area (Å²) in [6.07, 6.45) is -25.0. The third kappa shape index (κ3) is 10.5. The molecule has 0 unspecified atom stereocenters. The van der Waals surface area contributed by atoms with Crippen LogP contribution in [0.3, 0.4) is 0 Å². The maximum absolute atomic E-state index is 14.4. The summed E-state index contributed by atoms with van der Waals surface area (Å²) in [6.45, 7) is 8.84. The number of carbonyl (C=O) groups excluding carboxylic acids is 2. The molecule has 6 N–H and O–H groups in total. The summed E-state index contributed by atoms with van der Waals surface area (Å²) in [7, 11) is 0. The van der Waals surface area contributed by atoms with Gasteiger partial charge in [0.25, 0.3) is 17.5 Å². The number of amides is 2. The summed E-state index contributed by atoms with van der Waals surface area (Å²) in [6, 6.07) is 9.42. The minimum atomic E-state index is -6.28. The normalized spacial score (nSPS) is 12.5. The summed E-state index contributed by atoms with van der Waals surface area (Å²) in [5.41, 5.74) is -9.41. The Morgan fingerprint density at radius 2 is 0.859 bits per heavy atom. The molecule has 0 heterocycles. The predicted molar refractivity (Wildman–Crippen MR) is 210 cm³/mol. The Morgan fingerprint density at radius 3 is 1.16 bits per heavy atom. The van der Waals surface area contributed by atoms with Gasteiger partial charge in [-0.1, -0.05) is 24.3 Å². The molecule has 64 heavy (non-hydrogen) atoms. The van der Waals surface area contributed by atoms with E-state index in [0.29, 0.717) is 43.0 Å². The van der Waals surface area contributed by atoms with Gasteiger partial charge in [0.15, 0.2) is 0 Å². The molecular formula is C40H38F14N6O4. The quantitative estimate of drug-likeness (QED) is 0.0435. The van der Waals surface area contributed by atoms with E-state index in [1.54, 1.807) is 26.0 Å². The lowest BCUT2D eigenvalue weighted by atomic mass is 9.90. The SMILES string of the molecule is CCNc1ccc(N)cc1C(=O)Nc1c(C)cc(C(F)(C(F)(F)F)C(F)(F)F)cc1C.CCNc1ccc([N+](=O)[O-])cc1C(=O)Nc1c(C)cc(C(F)(C(F)(F)F)C(F)(F)F)cc1C. The van der Waals surface area contributed by atoms with Crippen LogP contribution < -0.4 is 27.0 Å². The highest BCUT2D eigenvalue weighted by molar-refractivity contribution is 6.10. The molecule has 0 bridgehead atoms. The number of nitro benzene ring substituents is 1. The van der Waals surface area contributed by atoms with Crippen LogP contribution in [-0.4, -0.2) is 54.5 Å². The van der Waals surface area contributed by atoms with E-state index < -0.39 is 69.6 Å². The summed E-state index contributed by atoms with van der Waals surface area (Å²) in [5, 5.41) is 21.6. The van der Waals surface area contributed by atoms with E-state index in [1.807, 2.05) is 0 Å². The van der Waals surface area contributed by atoms with E-state index in [9.17, 15) is 81.2 Å². The highest BCUT2D eigenvalue weighted by Crippen LogP contribution is 2.55. The van der Waals surface area contributed by atoms with Crippen LogP contribution in [0.1, 0.15) is 67.9 Å². The molecule has 0 radical (unpaired) electrons. The first-order chi connectivity index (χ1) is 29.2. The molecule has 24 heteroatoms. The third-order valence-corrected chi connectivity index (χ3v) is 9.38. The molecule has 4 rings (SSSR count). The fourth-order valence-corrected chi connectivity index (χ4v) is 6.33. The van der Waals surface area contributed by atoms with Gasteiger partial charge in [0.05, 0.1) is 16.1 Å². The maximum atomic E-state index is 14.4. The minimum absolute atomic E-state index is 0.0367. The molecule has 0 atom stereocenters. The first-order valence-corrected chi connectivity index (χ1v) is 18.3. The van der Waals surface area contributed by atoms with Crippen molar-refractivity contribution in [2.45, 2.75) is 77.6 Å². The van der Waals surface area contributed by atoms with E-state index in [1.165, 1.54) is 26.0 Å². The van der Waals surface area contributed by atoms with Gasteiger partial charge in [-0.3, -0.25) is 19.7 Å². The van der Waals surface area contributed by atoms with E-state index in [0.717, 1.165) is 26.0 Å². The largest absolute Gasteiger partial charge is 0.435 e. The molecule has 4 aromatic carbocycles. The predicted octanol–water partition coefficient (Wildman–Crippen LogP) is 12.0. The fraction of sp³-hybridized carbons (Fsp3) is 0.350. The number of nitrogens with one attached hydrogen (secondary N) is 4. The topological polar surface area (TPSA) is 151 Å². The number of aryl methyl sites for hydroxylation is 4. The Morgan fingerprint density at radius 1 is 0.547 bits per heavy atom. The van der Waals surface area contributed by atoms with Crippen LogP contribution in [0.2, 0.25) is 0 Å². The summed E-state index contributed by atoms with van der Waals surface area (Å²) in [4.78, 5) is 35.8. The van der Waals surface area contributed by atoms with Crippen molar-refractivity contribution in [2.75, 3.05) is 40.1 Å². The number of alkyl halides is 14. The summed E-state index contributed by atoms with van der Waals surface area (Å²) in [5.74, 6) is -1.60. The van der Waals surface area contributed by atoms with Crippen molar-refractivity contribution in [3.05, 3.63) is 115 Å². The number of benzene rings is 4. The van der Waals surface area contributed by atoms with E-state index in [4.69, 9.17) is 5.73 Å². The van der Waals surface area contributed by atoms with Crippen LogP contribution in [0.15, 0.2) is 60.7 Å². The first-order valence-electron chi connectivity index (χ1n) is 18.3. The molecule has 2 amide bonds. The molecule has 10 nitrogen and oxygen atoms in total. The number of nitrogen functional groups attached to an aromatic ring is 1. The molecule has 0 aromatic heterocycles. The van der Waals surface area contributed by atoms with Crippen molar-refractivity contribution in [2.24, 2.45) is 0 Å². The number of nitrogens with two attached hydrogens (primary N) is 1. The van der Waals surface area contributed by atoms with Crippen LogP contribution >= 0.6 is 0 Å². The number of carbonyl (C=O) groups is 2. The van der Waals surface area contributed by atoms with Crippen molar-refractivity contribution in [1.29, 1.82) is 0 Å². The molecule has 0 saturated carbocycles. The number of hydrogen-bond donors (Lipinski definition) is 5. The Balaban J connectivity index is 0.000000341. The maximum Gasteiger partial charge on any atom is 0.435 e. The van der Waals surface area contributed by atoms with E-state index in [-0.39, 0.29) is 56.1 Å². The number of nitro groups is 1. The number of hydrogen-bond acceptors (Lipinski definition) is 7. The number of non-ortho nitro benzene ring substituents is 1. The first kappa shape index (κ1) is 52.0. The fourth-order valence-electron chi connectivity index (χ4n) is 6.33. The highest BCUT2D eigenvalue weighted by atomic mass is 19.4. The standard InChI is InChI=1S/C20H18F7N3O3.C20H20F7N3O/c1-4-28-15-6-5-13(30(32)33)9-14(15)17(31)29-16-10(2)7-12(8-11(16)3)18(21,19(22,23)24)20(25,26)27;1-4-29-15-6-5-13(28)9-14(15)17(31)30-16-10(2)7-12(8-11(16)3)18(21,19(22,23)24)20(25,26)27/h5-9,28H,4H2,1-3H3,(H,29,31);5-9,29H,4,28H2,1-3H3,(H,30,31). The van der Waals surface area contributed by atoms with Crippen molar-refractivity contribution in [3.63, 3.8) is 0 Å². The molecule has 0 aliphatic rings. The van der Waals surface area contributed by atoms with Crippen molar-refractivity contribution >= 4 is 45.9 Å². The average Bonchev–Trinajstić information content (AvgIpc) is 3.16. The molecular weight excluding hydrogens is 894 g/mol. The van der Waals surface area contributed by atoms with Gasteiger partial charge >= 0.3 is 36.0 Å². The Labute approximate surface area is 354 Å². The van der Waals surface area contributed by atoms with Gasteiger partial charge in [-0.05, 0) is 88.1 Å². The number of rotatable bonds is 11. The van der Waals surface area contributed by atoms with Crippen molar-refractivity contribution in [1.82, 2.24) is 0 Å². The van der Waals surface area contributed by atoms with Crippen LogP contribution in [-0.2, 0) is 11.3 Å². The molecule has 350 valence electrons. The van der Waals surface area contributed by atoms with Gasteiger partial charge in [0.2, 0.25) is 0 Å². The van der Waals surface area contributed by atoms with E-state index in [2.05, 4.69) is 21.3 Å². The Hall–Kier alpha value is -6.36. The van der Waals surface area contributed by atoms with Crippen LogP contribution in [0.25, 0.3) is 0 Å². The summed E-state index contributed by atoms with van der Waals surface area (Å²) < 4.78 is 186. The molecule has 0 aliphatic heterocycles. The zero-order valence-corrected chi connectivity index (χ0v) is 34.1. The van der Waals surface area contributed by atoms with Gasteiger partial charge in [-0.25, -0.2) is 8.78 Å². The molecule has 0 fully saturated rings. The molecule has 0 spiro atoms. The Kier molecular flexibility index (Phi) is 15.3. The second kappa shape index (κ2) is 18.8. The van der Waals surface area contributed by atoms with Crippen molar-refractivity contribution in [3.8, 4) is 0 Å². The second-order valence-corrected chi connectivity index (χ2v) is 14.0. The van der Waals surface area contributed by atoms with Crippen LogP contribution in [0.5, 0.6) is 0 Å². The molecule has 4 aromatic rings.